The molecule has 1 fully saturated rings. The van der Waals surface area contributed by atoms with Crippen molar-refractivity contribution < 1.29 is 48.9 Å². The lowest BCUT2D eigenvalue weighted by Crippen LogP contribution is -2.60. The number of primary amides is 1. The molecule has 6 amide bonds. The Bertz CT molecular complexity index is 1670. The minimum atomic E-state index is -1.59. The summed E-state index contributed by atoms with van der Waals surface area (Å²) in [6, 6.07) is -2.27. The molecule has 1 aliphatic heterocycles. The molecule has 328 valence electrons. The SMILES string of the molecule is CC(C)C[C@@H](NC(=N)[C@@H](CCC(=O)O)N1C[C@H](NC(=O)[C@H](NC(=O)[C@@H](Cc2ccc(O)cc2)NC(=O)[C@H](N)CCCNC(=N)N)[C@@H](C)O)CC1=O)C(=O)N[C@H](C)C(N)=O. The molecule has 22 heteroatoms. The van der Waals surface area contributed by atoms with Crippen LogP contribution in [0.1, 0.15) is 71.8 Å². The third-order valence-electron chi connectivity index (χ3n) is 9.40. The zero-order valence-electron chi connectivity index (χ0n) is 33.7. The van der Waals surface area contributed by atoms with E-state index in [-0.39, 0.29) is 68.7 Å². The first-order valence-electron chi connectivity index (χ1n) is 19.3. The minimum Gasteiger partial charge on any atom is -0.508 e. The smallest absolute Gasteiger partial charge is 0.303 e. The number of benzene rings is 1. The van der Waals surface area contributed by atoms with Crippen molar-refractivity contribution in [3.63, 3.8) is 0 Å². The van der Waals surface area contributed by atoms with E-state index in [4.69, 9.17) is 28.0 Å². The van der Waals surface area contributed by atoms with E-state index >= 15 is 0 Å². The van der Waals surface area contributed by atoms with Crippen molar-refractivity contribution in [1.82, 2.24) is 36.8 Å². The molecule has 22 nitrogen and oxygen atoms in total. The Balaban J connectivity index is 2.24. The highest BCUT2D eigenvalue weighted by Crippen LogP contribution is 2.20. The molecule has 0 aliphatic carbocycles. The number of carboxylic acid groups (broad SMARTS) is 1. The summed E-state index contributed by atoms with van der Waals surface area (Å²) in [5.41, 5.74) is 17.1. The lowest BCUT2D eigenvalue weighted by atomic mass is 10.0. The summed E-state index contributed by atoms with van der Waals surface area (Å²) in [4.78, 5) is 91.2. The standard InChI is InChI=1S/C37H60N12O10/c1-18(2)14-25(34(57)44-19(3)32(40)55)46-31(39)27(11-12-29(53)54)49-17-22(16-28(49)52)45-36(59)30(20(4)50)48-35(58)26(15-21-7-9-23(51)10-8-21)47-33(56)24(38)6-5-13-43-37(41)42/h7-10,18-20,22,24-27,30,50-51H,5-6,11-17,38H2,1-4H3,(H2,39,46)(H2,40,55)(H,44,57)(H,45,59)(H,47,56)(H,48,58)(H,53,54)(H4,41,42,43)/t19-,20-,22-,24-,25-,26-,27-,30-/m1/s1. The van der Waals surface area contributed by atoms with Crippen molar-refractivity contribution in [3.8, 4) is 5.75 Å². The molecular formula is C37H60N12O10. The van der Waals surface area contributed by atoms with Crippen LogP contribution in [0, 0.1) is 16.7 Å². The topological polar surface area (TPSA) is 381 Å². The molecule has 0 bridgehead atoms. The number of phenolic OH excluding ortho intramolecular Hbond substituents is 1. The first kappa shape index (κ1) is 49.1. The number of aliphatic hydroxyl groups is 1. The van der Waals surface area contributed by atoms with Crippen LogP contribution in [0.15, 0.2) is 24.3 Å². The van der Waals surface area contributed by atoms with Crippen LogP contribution in [-0.4, -0.2) is 135 Å². The Morgan fingerprint density at radius 3 is 2.07 bits per heavy atom. The number of nitrogens with one attached hydrogen (secondary N) is 8. The second-order valence-corrected chi connectivity index (χ2v) is 15.0. The number of hydrogen-bond donors (Lipinski definition) is 14. The van der Waals surface area contributed by atoms with E-state index in [1.165, 1.54) is 43.0 Å². The quantitative estimate of drug-likeness (QED) is 0.0277. The molecule has 1 saturated heterocycles. The third-order valence-corrected chi connectivity index (χ3v) is 9.40. The van der Waals surface area contributed by atoms with Gasteiger partial charge in [0.1, 0.15) is 35.8 Å². The summed E-state index contributed by atoms with van der Waals surface area (Å²) in [5.74, 6) is -6.30. The molecule has 0 spiro atoms. The van der Waals surface area contributed by atoms with Crippen molar-refractivity contribution in [1.29, 1.82) is 10.8 Å². The fraction of sp³-hybridized carbons (Fsp3) is 0.595. The molecule has 1 aromatic rings. The molecule has 1 heterocycles. The second-order valence-electron chi connectivity index (χ2n) is 15.0. The van der Waals surface area contributed by atoms with Gasteiger partial charge in [0.25, 0.3) is 0 Å². The van der Waals surface area contributed by atoms with Crippen LogP contribution in [0.5, 0.6) is 5.75 Å². The maximum Gasteiger partial charge on any atom is 0.303 e. The van der Waals surface area contributed by atoms with Crippen LogP contribution < -0.4 is 49.1 Å². The lowest BCUT2D eigenvalue weighted by molar-refractivity contribution is -0.138. The number of aliphatic carboxylic acids is 1. The summed E-state index contributed by atoms with van der Waals surface area (Å²) in [7, 11) is 0. The molecule has 2 rings (SSSR count). The lowest BCUT2D eigenvalue weighted by Gasteiger charge is -2.32. The first-order chi connectivity index (χ1) is 27.6. The molecule has 17 N–H and O–H groups in total. The van der Waals surface area contributed by atoms with Crippen molar-refractivity contribution in [2.24, 2.45) is 23.1 Å². The molecule has 1 aromatic carbocycles. The number of nitrogens with two attached hydrogens (primary N) is 3. The van der Waals surface area contributed by atoms with E-state index in [2.05, 4.69) is 31.9 Å². The van der Waals surface area contributed by atoms with Crippen LogP contribution in [0.2, 0.25) is 0 Å². The zero-order valence-corrected chi connectivity index (χ0v) is 33.7. The molecule has 59 heavy (non-hydrogen) atoms. The number of phenols is 1. The Morgan fingerprint density at radius 2 is 1.51 bits per heavy atom. The summed E-state index contributed by atoms with van der Waals surface area (Å²) < 4.78 is 0. The van der Waals surface area contributed by atoms with E-state index in [0.717, 1.165) is 0 Å². The summed E-state index contributed by atoms with van der Waals surface area (Å²) in [6.45, 7) is 6.38. The van der Waals surface area contributed by atoms with Gasteiger partial charge in [-0.3, -0.25) is 44.4 Å². The number of amides is 6. The number of guanidine groups is 1. The first-order valence-corrected chi connectivity index (χ1v) is 19.3. The highest BCUT2D eigenvalue weighted by Gasteiger charge is 2.40. The predicted molar refractivity (Wildman–Crippen MR) is 214 cm³/mol. The van der Waals surface area contributed by atoms with Gasteiger partial charge in [-0.05, 0) is 63.1 Å². The Hall–Kier alpha value is -6.03. The van der Waals surface area contributed by atoms with Gasteiger partial charge in [0, 0.05) is 32.4 Å². The van der Waals surface area contributed by atoms with Crippen molar-refractivity contribution in [2.45, 2.75) is 121 Å². The largest absolute Gasteiger partial charge is 0.508 e. The second kappa shape index (κ2) is 23.4. The van der Waals surface area contributed by atoms with Gasteiger partial charge in [0.15, 0.2) is 5.96 Å². The van der Waals surface area contributed by atoms with Crippen LogP contribution >= 0.6 is 0 Å². The van der Waals surface area contributed by atoms with Gasteiger partial charge >= 0.3 is 5.97 Å². The molecule has 0 aromatic heterocycles. The van der Waals surface area contributed by atoms with E-state index in [0.29, 0.717) is 12.0 Å². The summed E-state index contributed by atoms with van der Waals surface area (Å²) >= 11 is 0. The number of nitrogens with zero attached hydrogens (tertiary/aromatic N) is 1. The molecule has 0 unspecified atom stereocenters. The number of carboxylic acids is 1. The Kier molecular flexibility index (Phi) is 19.5. The molecule has 0 saturated carbocycles. The van der Waals surface area contributed by atoms with E-state index in [9.17, 15) is 48.9 Å². The number of amidine groups is 1. The maximum atomic E-state index is 13.7. The third kappa shape index (κ3) is 16.8. The summed E-state index contributed by atoms with van der Waals surface area (Å²) in [5, 5.41) is 61.4. The number of carbonyl (C=O) groups is 7. The number of aliphatic hydroxyl groups excluding tert-OH is 1. The molecule has 0 radical (unpaired) electrons. The zero-order chi connectivity index (χ0) is 44.6. The van der Waals surface area contributed by atoms with Gasteiger partial charge in [-0.25, -0.2) is 0 Å². The number of hydrogen-bond acceptors (Lipinski definition) is 12. The van der Waals surface area contributed by atoms with E-state index in [1.807, 2.05) is 13.8 Å². The van der Waals surface area contributed by atoms with Crippen LogP contribution in [-0.2, 0) is 40.0 Å². The van der Waals surface area contributed by atoms with E-state index in [1.54, 1.807) is 0 Å². The van der Waals surface area contributed by atoms with Gasteiger partial charge in [0.2, 0.25) is 35.4 Å². The monoisotopic (exact) mass is 832 g/mol. The fourth-order valence-corrected chi connectivity index (χ4v) is 6.20. The Labute approximate surface area is 342 Å². The summed E-state index contributed by atoms with van der Waals surface area (Å²) in [6.07, 6.45) is -1.78. The fourth-order valence-electron chi connectivity index (χ4n) is 6.20. The average Bonchev–Trinajstić information content (AvgIpc) is 3.50. The molecule has 1 aliphatic rings. The van der Waals surface area contributed by atoms with Crippen LogP contribution in [0.25, 0.3) is 0 Å². The van der Waals surface area contributed by atoms with Gasteiger partial charge in [-0.15, -0.1) is 0 Å². The average molecular weight is 833 g/mol. The molecule has 8 atom stereocenters. The van der Waals surface area contributed by atoms with Crippen molar-refractivity contribution in [3.05, 3.63) is 29.8 Å². The highest BCUT2D eigenvalue weighted by atomic mass is 16.4. The number of carbonyl (C=O) groups excluding carboxylic acids is 6. The highest BCUT2D eigenvalue weighted by molar-refractivity contribution is 5.96. The minimum absolute atomic E-state index is 0.0365. The van der Waals surface area contributed by atoms with Gasteiger partial charge < -0.3 is 69.3 Å². The van der Waals surface area contributed by atoms with Crippen LogP contribution in [0.3, 0.4) is 0 Å². The van der Waals surface area contributed by atoms with Gasteiger partial charge in [-0.2, -0.15) is 0 Å². The van der Waals surface area contributed by atoms with E-state index < -0.39 is 96.2 Å². The van der Waals surface area contributed by atoms with Crippen LogP contribution in [0.4, 0.5) is 0 Å². The number of aromatic hydroxyl groups is 1. The van der Waals surface area contributed by atoms with Crippen molar-refractivity contribution in [2.75, 3.05) is 13.1 Å². The number of likely N-dealkylation sites (tertiary alicyclic amines) is 1. The predicted octanol–water partition coefficient (Wildman–Crippen LogP) is -3.20. The van der Waals surface area contributed by atoms with Gasteiger partial charge in [-0.1, -0.05) is 26.0 Å². The van der Waals surface area contributed by atoms with Crippen molar-refractivity contribution >= 4 is 53.2 Å². The maximum absolute atomic E-state index is 13.7. The number of rotatable bonds is 24. The normalized spacial score (nSPS) is 17.3. The Morgan fingerprint density at radius 1 is 0.881 bits per heavy atom. The molecular weight excluding hydrogens is 772 g/mol. The van der Waals surface area contributed by atoms with Gasteiger partial charge in [0.05, 0.1) is 24.2 Å².